The van der Waals surface area contributed by atoms with E-state index in [2.05, 4.69) is 49.2 Å². The van der Waals surface area contributed by atoms with E-state index in [1.807, 2.05) is 0 Å². The van der Waals surface area contributed by atoms with Crippen LogP contribution in [0.2, 0.25) is 0 Å². The third-order valence-corrected chi connectivity index (χ3v) is 10.8. The smallest absolute Gasteiger partial charge is 0.296 e. The van der Waals surface area contributed by atoms with Crippen molar-refractivity contribution in [2.45, 2.75) is 23.6 Å². The van der Waals surface area contributed by atoms with Crippen LogP contribution in [0.15, 0.2) is 96.7 Å². The minimum atomic E-state index is -4.88. The Labute approximate surface area is 278 Å². The molecule has 0 aliphatic carbocycles. The highest BCUT2D eigenvalue weighted by atomic mass is 32.2. The first kappa shape index (κ1) is 38.0. The van der Waals surface area contributed by atoms with E-state index in [9.17, 15) is 38.2 Å². The number of hydrogen-bond donors (Lipinski definition) is 4. The number of rotatable bonds is 16. The first-order valence-corrected chi connectivity index (χ1v) is 19.8. The van der Waals surface area contributed by atoms with E-state index in [1.165, 1.54) is 24.3 Å². The molecule has 3 aromatic rings. The van der Waals surface area contributed by atoms with Crippen LogP contribution in [-0.4, -0.2) is 72.4 Å². The van der Waals surface area contributed by atoms with Crippen LogP contribution in [0.1, 0.15) is 11.1 Å². The molecule has 0 saturated heterocycles. The molecule has 2 aromatic carbocycles. The Hall–Kier alpha value is -4.41. The molecule has 1 aromatic heterocycles. The minimum Gasteiger partial charge on any atom is -0.369 e. The predicted molar refractivity (Wildman–Crippen MR) is 180 cm³/mol. The number of aromatic nitrogens is 1. The van der Waals surface area contributed by atoms with Crippen molar-refractivity contribution in [2.75, 3.05) is 35.2 Å². The number of nitrogens with one attached hydrogen (secondary N) is 2. The van der Waals surface area contributed by atoms with Gasteiger partial charge >= 0.3 is 0 Å². The summed E-state index contributed by atoms with van der Waals surface area (Å²) in [6.07, 6.45) is 0. The molecule has 0 atom stereocenters. The maximum Gasteiger partial charge on any atom is 0.296 e. The zero-order chi connectivity index (χ0) is 35.9. The molecule has 0 aliphatic rings. The summed E-state index contributed by atoms with van der Waals surface area (Å²) < 4.78 is 114. The van der Waals surface area contributed by atoms with Gasteiger partial charge in [-0.25, -0.2) is 21.8 Å². The summed E-state index contributed by atoms with van der Waals surface area (Å²) in [7, 11) is -16.4. The second kappa shape index (κ2) is 15.2. The fourth-order valence-electron chi connectivity index (χ4n) is 3.75. The highest BCUT2D eigenvalue weighted by Crippen LogP contribution is 2.36. The van der Waals surface area contributed by atoms with Gasteiger partial charge in [-0.1, -0.05) is 13.2 Å². The minimum absolute atomic E-state index is 0.0237. The number of anilines is 2. The van der Waals surface area contributed by atoms with Gasteiger partial charge < -0.3 is 10.6 Å². The van der Waals surface area contributed by atoms with E-state index in [-0.39, 0.29) is 63.9 Å². The molecular formula is C27H31N7O10S4. The Kier molecular flexibility index (Phi) is 12.1. The maximum absolute atomic E-state index is 12.3. The van der Waals surface area contributed by atoms with E-state index in [4.69, 9.17) is 4.55 Å². The lowest BCUT2D eigenvalue weighted by Crippen LogP contribution is -2.17. The van der Waals surface area contributed by atoms with Crippen LogP contribution in [0.4, 0.5) is 34.4 Å². The summed E-state index contributed by atoms with van der Waals surface area (Å²) >= 11 is 0. The lowest BCUT2D eigenvalue weighted by atomic mass is 10.1. The molecule has 0 bridgehead atoms. The monoisotopic (exact) mass is 741 g/mol. The number of pyridine rings is 1. The fraction of sp³-hybridized carbons (Fsp3) is 0.222. The van der Waals surface area contributed by atoms with Gasteiger partial charge in [0.15, 0.2) is 25.5 Å². The fourth-order valence-corrected chi connectivity index (χ4v) is 5.98. The Morgan fingerprint density at radius 3 is 1.73 bits per heavy atom. The van der Waals surface area contributed by atoms with Crippen LogP contribution in [0, 0.1) is 13.8 Å². The van der Waals surface area contributed by atoms with Crippen LogP contribution in [0.5, 0.6) is 0 Å². The summed E-state index contributed by atoms with van der Waals surface area (Å²) in [6, 6.07) is 8.16. The van der Waals surface area contributed by atoms with Gasteiger partial charge in [-0.3, -0.25) is 9.11 Å². The average Bonchev–Trinajstić information content (AvgIpc) is 3.01. The van der Waals surface area contributed by atoms with Crippen LogP contribution in [0.3, 0.4) is 0 Å². The zero-order valence-corrected chi connectivity index (χ0v) is 28.7. The van der Waals surface area contributed by atoms with Crippen LogP contribution >= 0.6 is 0 Å². The van der Waals surface area contributed by atoms with Gasteiger partial charge in [-0.2, -0.15) is 27.1 Å². The van der Waals surface area contributed by atoms with Crippen molar-refractivity contribution >= 4 is 74.3 Å². The third-order valence-electron chi connectivity index (χ3n) is 6.48. The summed E-state index contributed by atoms with van der Waals surface area (Å²) in [4.78, 5) is 3.39. The number of nitrogens with zero attached hydrogens (tertiary/aromatic N) is 5. The Bertz CT molecular complexity index is 2220. The number of azo groups is 2. The van der Waals surface area contributed by atoms with Gasteiger partial charge in [0.1, 0.15) is 22.1 Å². The summed E-state index contributed by atoms with van der Waals surface area (Å²) in [5, 5.41) is 23.4. The molecule has 0 amide bonds. The lowest BCUT2D eigenvalue weighted by Gasteiger charge is -2.16. The highest BCUT2D eigenvalue weighted by Gasteiger charge is 2.19. The molecule has 0 fully saturated rings. The second-order valence-corrected chi connectivity index (χ2v) is 16.8. The molecule has 48 heavy (non-hydrogen) atoms. The Balaban J connectivity index is 2.01. The lowest BCUT2D eigenvalue weighted by molar-refractivity contribution is 0.481. The standard InChI is InChI=1S/C27H31N7O10S4/c1-5-45(35,36)15-13-28-26-19(4)18(3)25(27(30-26)29-14-16-46(37,38)6-2)34-33-23-12-9-21(17-24(23)48(42,43)44)32-31-20-7-10-22(11-8-20)47(39,40)41/h5-12,17H,1-2,13-16H2,3-4H3,(H2,28,29,30)(H,39,40,41)(H,42,43,44). The summed E-state index contributed by atoms with van der Waals surface area (Å²) in [5.74, 6) is -0.322. The van der Waals surface area contributed by atoms with Gasteiger partial charge in [0.2, 0.25) is 0 Å². The molecule has 0 aliphatic heterocycles. The molecule has 258 valence electrons. The van der Waals surface area contributed by atoms with Crippen molar-refractivity contribution in [3.05, 3.63) is 77.6 Å². The average molecular weight is 742 g/mol. The van der Waals surface area contributed by atoms with Crippen molar-refractivity contribution in [1.82, 2.24) is 4.98 Å². The van der Waals surface area contributed by atoms with Crippen LogP contribution in [0.25, 0.3) is 0 Å². The Morgan fingerprint density at radius 1 is 0.688 bits per heavy atom. The molecule has 17 nitrogen and oxygen atoms in total. The maximum atomic E-state index is 12.3. The molecule has 21 heteroatoms. The van der Waals surface area contributed by atoms with E-state index in [0.717, 1.165) is 29.0 Å². The molecule has 0 saturated carbocycles. The van der Waals surface area contributed by atoms with Gasteiger partial charge in [0, 0.05) is 23.9 Å². The van der Waals surface area contributed by atoms with Crippen molar-refractivity contribution < 1.29 is 42.8 Å². The van der Waals surface area contributed by atoms with E-state index >= 15 is 0 Å². The molecule has 0 unspecified atom stereocenters. The number of hydrogen-bond acceptors (Lipinski definition) is 15. The zero-order valence-electron chi connectivity index (χ0n) is 25.5. The van der Waals surface area contributed by atoms with Crippen molar-refractivity contribution in [3.8, 4) is 0 Å². The van der Waals surface area contributed by atoms with Crippen LogP contribution < -0.4 is 10.6 Å². The van der Waals surface area contributed by atoms with E-state index in [1.54, 1.807) is 13.8 Å². The van der Waals surface area contributed by atoms with Crippen molar-refractivity contribution in [3.63, 3.8) is 0 Å². The van der Waals surface area contributed by atoms with Crippen molar-refractivity contribution in [2.24, 2.45) is 20.5 Å². The van der Waals surface area contributed by atoms with Gasteiger partial charge in [-0.15, -0.1) is 10.2 Å². The normalized spacial score (nSPS) is 12.8. The number of benzene rings is 2. The first-order chi connectivity index (χ1) is 22.3. The SMILES string of the molecule is C=CS(=O)(=O)CCNc1nc(NCCS(=O)(=O)C=C)c(N=Nc2ccc(N=Nc3ccc(S(=O)(=O)O)cc3)cc2S(=O)(=O)O)c(C)c1C. The van der Waals surface area contributed by atoms with Gasteiger partial charge in [0.25, 0.3) is 20.2 Å². The van der Waals surface area contributed by atoms with E-state index in [0.29, 0.717) is 11.1 Å². The van der Waals surface area contributed by atoms with E-state index < -0.39 is 44.8 Å². The molecule has 0 spiro atoms. The number of sulfone groups is 2. The molecule has 4 N–H and O–H groups in total. The first-order valence-electron chi connectivity index (χ1n) is 13.5. The quantitative estimate of drug-likeness (QED) is 0.112. The summed E-state index contributed by atoms with van der Waals surface area (Å²) in [6.45, 7) is 9.68. The Morgan fingerprint density at radius 2 is 1.21 bits per heavy atom. The largest absolute Gasteiger partial charge is 0.369 e. The van der Waals surface area contributed by atoms with Gasteiger partial charge in [0.05, 0.1) is 27.8 Å². The predicted octanol–water partition coefficient (Wildman–Crippen LogP) is 4.96. The molecule has 3 rings (SSSR count). The third kappa shape index (κ3) is 10.6. The van der Waals surface area contributed by atoms with Crippen molar-refractivity contribution in [1.29, 1.82) is 0 Å². The molecule has 0 radical (unpaired) electrons. The second-order valence-electron chi connectivity index (χ2n) is 9.82. The highest BCUT2D eigenvalue weighted by molar-refractivity contribution is 7.94. The summed E-state index contributed by atoms with van der Waals surface area (Å²) in [5.41, 5.74) is 0.914. The van der Waals surface area contributed by atoms with Crippen LogP contribution in [-0.2, 0) is 39.9 Å². The molecule has 1 heterocycles. The molecular weight excluding hydrogens is 711 g/mol. The topological polar surface area (TPSA) is 263 Å². The van der Waals surface area contributed by atoms with Gasteiger partial charge in [-0.05, 0) is 67.4 Å².